The highest BCUT2D eigenvalue weighted by Gasteiger charge is 2.24. The summed E-state index contributed by atoms with van der Waals surface area (Å²) < 4.78 is 0. The Balaban J connectivity index is 2.43. The first-order chi connectivity index (χ1) is 7.15. The summed E-state index contributed by atoms with van der Waals surface area (Å²) in [4.78, 5) is 11.6. The van der Waals surface area contributed by atoms with Gasteiger partial charge in [0.25, 0.3) is 0 Å². The van der Waals surface area contributed by atoms with Crippen LogP contribution in [0, 0.1) is 11.8 Å². The Morgan fingerprint density at radius 2 is 1.87 bits per heavy atom. The van der Waals surface area contributed by atoms with Crippen molar-refractivity contribution in [1.82, 2.24) is 5.32 Å². The van der Waals surface area contributed by atoms with E-state index < -0.39 is 0 Å². The molecule has 0 radical (unpaired) electrons. The van der Waals surface area contributed by atoms with Gasteiger partial charge in [-0.3, -0.25) is 4.79 Å². The van der Waals surface area contributed by atoms with Gasteiger partial charge in [-0.15, -0.1) is 0 Å². The van der Waals surface area contributed by atoms with E-state index in [1.165, 1.54) is 32.1 Å². The van der Waals surface area contributed by atoms with Crippen LogP contribution in [0.5, 0.6) is 0 Å². The normalized spacial score (nSPS) is 20.3. The van der Waals surface area contributed by atoms with Crippen LogP contribution < -0.4 is 5.32 Å². The van der Waals surface area contributed by atoms with Gasteiger partial charge in [0, 0.05) is 12.0 Å². The molecule has 0 heterocycles. The molecule has 1 N–H and O–H groups in total. The average molecular weight is 211 g/mol. The minimum absolute atomic E-state index is 0.114. The number of carbonyl (C=O) groups excluding carboxylic acids is 1. The molecule has 0 spiro atoms. The van der Waals surface area contributed by atoms with Gasteiger partial charge in [-0.25, -0.2) is 0 Å². The quantitative estimate of drug-likeness (QED) is 0.760. The zero-order valence-corrected chi connectivity index (χ0v) is 10.4. The maximum atomic E-state index is 11.6. The molecule has 0 bridgehead atoms. The highest BCUT2D eigenvalue weighted by Crippen LogP contribution is 2.27. The van der Waals surface area contributed by atoms with Gasteiger partial charge >= 0.3 is 0 Å². The molecule has 0 aliphatic heterocycles. The molecule has 1 saturated carbocycles. The first kappa shape index (κ1) is 12.5. The first-order valence-corrected chi connectivity index (χ1v) is 6.45. The Morgan fingerprint density at radius 1 is 1.27 bits per heavy atom. The van der Waals surface area contributed by atoms with Crippen LogP contribution in [0.1, 0.15) is 59.3 Å². The summed E-state index contributed by atoms with van der Waals surface area (Å²) in [5.41, 5.74) is 0. The van der Waals surface area contributed by atoms with Crippen molar-refractivity contribution in [2.24, 2.45) is 11.8 Å². The Bertz CT molecular complexity index is 195. The fourth-order valence-corrected chi connectivity index (χ4v) is 2.44. The Labute approximate surface area is 93.8 Å². The summed E-state index contributed by atoms with van der Waals surface area (Å²) >= 11 is 0. The number of nitrogens with one attached hydrogen (secondary N) is 1. The maximum absolute atomic E-state index is 11.6. The second-order valence-electron chi connectivity index (χ2n) is 5.08. The molecule has 1 aliphatic rings. The molecule has 2 heteroatoms. The van der Waals surface area contributed by atoms with Crippen LogP contribution in [0.15, 0.2) is 0 Å². The lowest BCUT2D eigenvalue weighted by Crippen LogP contribution is -2.42. The summed E-state index contributed by atoms with van der Waals surface area (Å²) in [6, 6.07) is 0.417. The van der Waals surface area contributed by atoms with Crippen LogP contribution in [-0.4, -0.2) is 11.9 Å². The highest BCUT2D eigenvalue weighted by atomic mass is 16.1. The van der Waals surface area contributed by atoms with Crippen LogP contribution in [-0.2, 0) is 4.79 Å². The van der Waals surface area contributed by atoms with Crippen molar-refractivity contribution in [1.29, 1.82) is 0 Å². The molecule has 88 valence electrons. The van der Waals surface area contributed by atoms with Crippen molar-refractivity contribution in [3.8, 4) is 0 Å². The molecular weight excluding hydrogens is 186 g/mol. The summed E-state index contributed by atoms with van der Waals surface area (Å²) in [5.74, 6) is 1.06. The minimum atomic E-state index is 0.114. The molecule has 15 heavy (non-hydrogen) atoms. The van der Waals surface area contributed by atoms with Gasteiger partial charge in [0.2, 0.25) is 5.91 Å². The molecule has 1 rings (SSSR count). The summed E-state index contributed by atoms with van der Waals surface area (Å²) in [6.07, 6.45) is 7.75. The zero-order chi connectivity index (χ0) is 11.3. The molecule has 1 amide bonds. The lowest BCUT2D eigenvalue weighted by molar-refractivity contribution is -0.125. The number of hydrogen-bond acceptors (Lipinski definition) is 1. The third-order valence-corrected chi connectivity index (χ3v) is 3.51. The van der Waals surface area contributed by atoms with Crippen molar-refractivity contribution in [2.75, 3.05) is 0 Å². The molecule has 1 unspecified atom stereocenters. The Morgan fingerprint density at radius 3 is 2.33 bits per heavy atom. The smallest absolute Gasteiger partial charge is 0.222 e. The van der Waals surface area contributed by atoms with E-state index in [1.807, 2.05) is 13.8 Å². The summed E-state index contributed by atoms with van der Waals surface area (Å²) in [7, 11) is 0. The fourth-order valence-electron chi connectivity index (χ4n) is 2.44. The van der Waals surface area contributed by atoms with Crippen molar-refractivity contribution in [3.05, 3.63) is 0 Å². The lowest BCUT2D eigenvalue weighted by atomic mass is 9.83. The third-order valence-electron chi connectivity index (χ3n) is 3.51. The topological polar surface area (TPSA) is 29.1 Å². The van der Waals surface area contributed by atoms with Crippen molar-refractivity contribution < 1.29 is 4.79 Å². The van der Waals surface area contributed by atoms with E-state index in [9.17, 15) is 4.79 Å². The number of carbonyl (C=O) groups is 1. The number of amides is 1. The van der Waals surface area contributed by atoms with Crippen LogP contribution >= 0.6 is 0 Å². The zero-order valence-electron chi connectivity index (χ0n) is 10.4. The Hall–Kier alpha value is -0.530. The maximum Gasteiger partial charge on any atom is 0.222 e. The number of hydrogen-bond donors (Lipinski definition) is 1. The van der Waals surface area contributed by atoms with Gasteiger partial charge in [0.05, 0.1) is 0 Å². The van der Waals surface area contributed by atoms with Crippen LogP contribution in [0.25, 0.3) is 0 Å². The van der Waals surface area contributed by atoms with Gasteiger partial charge in [-0.2, -0.15) is 0 Å². The van der Waals surface area contributed by atoms with Crippen molar-refractivity contribution >= 4 is 5.91 Å². The molecule has 0 saturated heterocycles. The largest absolute Gasteiger partial charge is 0.353 e. The average Bonchev–Trinajstić information content (AvgIpc) is 2.26. The molecule has 0 aromatic carbocycles. The lowest BCUT2D eigenvalue weighted by Gasteiger charge is -2.30. The summed E-state index contributed by atoms with van der Waals surface area (Å²) in [5, 5.41) is 3.20. The molecular formula is C13H25NO. The fraction of sp³-hybridized carbons (Fsp3) is 0.923. The van der Waals surface area contributed by atoms with Crippen molar-refractivity contribution in [3.63, 3.8) is 0 Å². The molecule has 0 aromatic heterocycles. The van der Waals surface area contributed by atoms with Gasteiger partial charge < -0.3 is 5.32 Å². The van der Waals surface area contributed by atoms with E-state index in [1.54, 1.807) is 0 Å². The standard InChI is InChI=1S/C13H25NO/c1-4-12(14-13(15)10(2)3)11-8-6-5-7-9-11/h10-12H,4-9H2,1-3H3,(H,14,15). The van der Waals surface area contributed by atoms with E-state index in [2.05, 4.69) is 12.2 Å². The van der Waals surface area contributed by atoms with Gasteiger partial charge in [0.1, 0.15) is 0 Å². The first-order valence-electron chi connectivity index (χ1n) is 6.45. The van der Waals surface area contributed by atoms with Crippen LogP contribution in [0.2, 0.25) is 0 Å². The second kappa shape index (κ2) is 6.14. The van der Waals surface area contributed by atoms with E-state index in [4.69, 9.17) is 0 Å². The molecule has 0 aromatic rings. The van der Waals surface area contributed by atoms with Crippen LogP contribution in [0.3, 0.4) is 0 Å². The second-order valence-corrected chi connectivity index (χ2v) is 5.08. The predicted octanol–water partition coefficient (Wildman–Crippen LogP) is 3.12. The molecule has 2 nitrogen and oxygen atoms in total. The van der Waals surface area contributed by atoms with Gasteiger partial charge in [-0.05, 0) is 25.2 Å². The highest BCUT2D eigenvalue weighted by molar-refractivity contribution is 5.78. The minimum Gasteiger partial charge on any atom is -0.353 e. The van der Waals surface area contributed by atoms with E-state index in [0.717, 1.165) is 12.3 Å². The van der Waals surface area contributed by atoms with E-state index >= 15 is 0 Å². The monoisotopic (exact) mass is 211 g/mol. The SMILES string of the molecule is CCC(NC(=O)C(C)C)C1CCCCC1. The molecule has 1 atom stereocenters. The van der Waals surface area contributed by atoms with Gasteiger partial charge in [-0.1, -0.05) is 40.0 Å². The summed E-state index contributed by atoms with van der Waals surface area (Å²) in [6.45, 7) is 6.10. The van der Waals surface area contributed by atoms with Crippen molar-refractivity contribution in [2.45, 2.75) is 65.3 Å². The molecule has 1 aliphatic carbocycles. The van der Waals surface area contributed by atoms with Gasteiger partial charge in [0.15, 0.2) is 0 Å². The van der Waals surface area contributed by atoms with E-state index in [0.29, 0.717) is 6.04 Å². The Kier molecular flexibility index (Phi) is 5.13. The van der Waals surface area contributed by atoms with Crippen LogP contribution in [0.4, 0.5) is 0 Å². The number of rotatable bonds is 4. The molecule has 1 fully saturated rings. The predicted molar refractivity (Wildman–Crippen MR) is 63.6 cm³/mol. The van der Waals surface area contributed by atoms with E-state index in [-0.39, 0.29) is 11.8 Å². The third kappa shape index (κ3) is 3.84.